The molecule has 0 aromatic rings. The first-order valence-electron chi connectivity index (χ1n) is 3.84. The van der Waals surface area contributed by atoms with Crippen LogP contribution in [0, 0.1) is 0 Å². The molecule has 0 fully saturated rings. The quantitative estimate of drug-likeness (QED) is 0.659. The molecular weight excluding hydrogens is 210 g/mol. The van der Waals surface area contributed by atoms with Crippen molar-refractivity contribution < 1.29 is 23.6 Å². The summed E-state index contributed by atoms with van der Waals surface area (Å²) < 4.78 is 14.9. The number of ether oxygens (including phenoxy) is 1. The van der Waals surface area contributed by atoms with Crippen LogP contribution in [0.25, 0.3) is 0 Å². The first-order chi connectivity index (χ1) is 6.47. The van der Waals surface area contributed by atoms with Crippen LogP contribution in [0.15, 0.2) is 0 Å². The smallest absolute Gasteiger partial charge is 0.407 e. The lowest BCUT2D eigenvalue weighted by Gasteiger charge is -2.12. The second-order valence-electron chi connectivity index (χ2n) is 2.59. The van der Waals surface area contributed by atoms with Crippen LogP contribution < -0.4 is 5.32 Å². The average Bonchev–Trinajstić information content (AvgIpc) is 2.10. The number of carbonyl (C=O) groups excluding carboxylic acids is 1. The van der Waals surface area contributed by atoms with Gasteiger partial charge in [0.05, 0.1) is 7.11 Å². The summed E-state index contributed by atoms with van der Waals surface area (Å²) >= 11 is 0. The van der Waals surface area contributed by atoms with Crippen molar-refractivity contribution in [2.45, 2.75) is 12.5 Å². The van der Waals surface area contributed by atoms with E-state index >= 15 is 0 Å². The molecule has 0 heterocycles. The Morgan fingerprint density at radius 3 is 2.50 bits per heavy atom. The van der Waals surface area contributed by atoms with Gasteiger partial charge in [-0.25, -0.2) is 9.59 Å². The third-order valence-corrected chi connectivity index (χ3v) is 2.28. The van der Waals surface area contributed by atoms with Gasteiger partial charge in [0.15, 0.2) is 0 Å². The van der Waals surface area contributed by atoms with Gasteiger partial charge in [0.1, 0.15) is 6.04 Å². The van der Waals surface area contributed by atoms with E-state index in [1.54, 1.807) is 0 Å². The number of rotatable bonds is 5. The topological polar surface area (TPSA) is 92.7 Å². The summed E-state index contributed by atoms with van der Waals surface area (Å²) in [5, 5.41) is 10.8. The largest absolute Gasteiger partial charge is 0.480 e. The summed E-state index contributed by atoms with van der Waals surface area (Å²) in [4.78, 5) is 21.3. The third kappa shape index (κ3) is 5.52. The van der Waals surface area contributed by atoms with Crippen molar-refractivity contribution in [3.63, 3.8) is 0 Å². The molecule has 2 N–H and O–H groups in total. The molecule has 0 aliphatic heterocycles. The monoisotopic (exact) mass is 223 g/mol. The van der Waals surface area contributed by atoms with Gasteiger partial charge in [-0.2, -0.15) is 0 Å². The van der Waals surface area contributed by atoms with Gasteiger partial charge in [0, 0.05) is 22.8 Å². The molecule has 1 unspecified atom stereocenters. The van der Waals surface area contributed by atoms with E-state index in [1.165, 1.54) is 6.26 Å². The van der Waals surface area contributed by atoms with E-state index < -0.39 is 28.9 Å². The lowest BCUT2D eigenvalue weighted by atomic mass is 10.2. The van der Waals surface area contributed by atoms with Crippen LogP contribution >= 0.6 is 0 Å². The summed E-state index contributed by atoms with van der Waals surface area (Å²) in [5.74, 6) is -0.943. The molecule has 14 heavy (non-hydrogen) atoms. The number of carboxylic acid groups (broad SMARTS) is 1. The number of carbonyl (C=O) groups is 2. The van der Waals surface area contributed by atoms with Crippen molar-refractivity contribution in [2.24, 2.45) is 0 Å². The summed E-state index contributed by atoms with van der Waals surface area (Å²) in [7, 11) is 0.0701. The Balaban J connectivity index is 4.09. The zero-order valence-corrected chi connectivity index (χ0v) is 8.80. The molecule has 0 aromatic heterocycles. The van der Waals surface area contributed by atoms with Crippen molar-refractivity contribution in [1.29, 1.82) is 0 Å². The van der Waals surface area contributed by atoms with E-state index in [0.29, 0.717) is 0 Å². The molecule has 82 valence electrons. The van der Waals surface area contributed by atoms with Gasteiger partial charge in [0.25, 0.3) is 0 Å². The molecule has 1 amide bonds. The van der Waals surface area contributed by atoms with E-state index in [1.807, 2.05) is 0 Å². The van der Waals surface area contributed by atoms with Gasteiger partial charge < -0.3 is 15.2 Å². The summed E-state index contributed by atoms with van der Waals surface area (Å²) in [5.41, 5.74) is 0. The second kappa shape index (κ2) is 6.36. The zero-order chi connectivity index (χ0) is 11.1. The van der Waals surface area contributed by atoms with Crippen LogP contribution in [0.5, 0.6) is 0 Å². The fourth-order valence-corrected chi connectivity index (χ4v) is 1.31. The lowest BCUT2D eigenvalue weighted by molar-refractivity contribution is -0.139. The van der Waals surface area contributed by atoms with Crippen molar-refractivity contribution in [1.82, 2.24) is 5.32 Å². The average molecular weight is 223 g/mol. The van der Waals surface area contributed by atoms with Crippen LogP contribution in [0.3, 0.4) is 0 Å². The SMILES string of the molecule is COC(=O)N[C@@H](CCS(C)=O)C(=O)O. The van der Waals surface area contributed by atoms with Crippen LogP contribution in [0.1, 0.15) is 6.42 Å². The van der Waals surface area contributed by atoms with E-state index in [9.17, 15) is 13.8 Å². The molecule has 0 aromatic carbocycles. The number of amides is 1. The molecular formula is C7H13NO5S. The zero-order valence-electron chi connectivity index (χ0n) is 7.98. The van der Waals surface area contributed by atoms with Crippen molar-refractivity contribution >= 4 is 22.9 Å². The Labute approximate surface area is 84.1 Å². The molecule has 6 nitrogen and oxygen atoms in total. The van der Waals surface area contributed by atoms with Gasteiger partial charge in [-0.15, -0.1) is 0 Å². The van der Waals surface area contributed by atoms with E-state index in [-0.39, 0.29) is 12.2 Å². The molecule has 2 atom stereocenters. The first kappa shape index (κ1) is 12.9. The molecule has 0 radical (unpaired) electrons. The highest BCUT2D eigenvalue weighted by molar-refractivity contribution is 7.84. The van der Waals surface area contributed by atoms with Crippen LogP contribution in [-0.2, 0) is 20.3 Å². The minimum absolute atomic E-state index is 0.119. The van der Waals surface area contributed by atoms with E-state index in [2.05, 4.69) is 10.1 Å². The Morgan fingerprint density at radius 1 is 1.57 bits per heavy atom. The van der Waals surface area contributed by atoms with Crippen LogP contribution in [-0.4, -0.2) is 46.5 Å². The Morgan fingerprint density at radius 2 is 2.14 bits per heavy atom. The highest BCUT2D eigenvalue weighted by atomic mass is 32.2. The minimum Gasteiger partial charge on any atom is -0.480 e. The number of hydrogen-bond donors (Lipinski definition) is 2. The standard InChI is InChI=1S/C7H13NO5S/c1-13-7(11)8-5(6(9)10)3-4-14(2)12/h5H,3-4H2,1-2H3,(H,8,11)(H,9,10)/t5-,14?/m0/s1. The molecule has 7 heteroatoms. The molecule has 0 aliphatic rings. The predicted octanol–water partition coefficient (Wildman–Crippen LogP) is -0.436. The molecule has 0 bridgehead atoms. The normalized spacial score (nSPS) is 14.1. The van der Waals surface area contributed by atoms with E-state index in [4.69, 9.17) is 5.11 Å². The summed E-state index contributed by atoms with van der Waals surface area (Å²) in [6.07, 6.45) is 0.782. The minimum atomic E-state index is -1.17. The molecule has 0 aliphatic carbocycles. The number of alkyl carbamates (subject to hydrolysis) is 1. The Hall–Kier alpha value is -1.11. The van der Waals surface area contributed by atoms with Gasteiger partial charge in [0.2, 0.25) is 0 Å². The fourth-order valence-electron chi connectivity index (χ4n) is 0.742. The molecule has 0 spiro atoms. The van der Waals surface area contributed by atoms with Gasteiger partial charge >= 0.3 is 12.1 Å². The number of carboxylic acids is 1. The number of hydrogen-bond acceptors (Lipinski definition) is 4. The molecule has 0 rings (SSSR count). The maximum absolute atomic E-state index is 10.7. The Kier molecular flexibility index (Phi) is 5.86. The molecule has 0 saturated heterocycles. The summed E-state index contributed by atoms with van der Waals surface area (Å²) in [6, 6.07) is -1.05. The highest BCUT2D eigenvalue weighted by Crippen LogP contribution is 1.95. The third-order valence-electron chi connectivity index (χ3n) is 1.47. The van der Waals surface area contributed by atoms with Crippen molar-refractivity contribution in [3.05, 3.63) is 0 Å². The maximum Gasteiger partial charge on any atom is 0.407 e. The lowest BCUT2D eigenvalue weighted by Crippen LogP contribution is -2.41. The first-order valence-corrected chi connectivity index (χ1v) is 5.57. The summed E-state index contributed by atoms with van der Waals surface area (Å²) in [6.45, 7) is 0. The van der Waals surface area contributed by atoms with Gasteiger partial charge in [-0.3, -0.25) is 4.21 Å². The number of methoxy groups -OCH3 is 1. The Bertz CT molecular complexity index is 242. The fraction of sp³-hybridized carbons (Fsp3) is 0.714. The van der Waals surface area contributed by atoms with Gasteiger partial charge in [-0.05, 0) is 6.42 Å². The molecule has 0 saturated carbocycles. The predicted molar refractivity (Wildman–Crippen MR) is 50.5 cm³/mol. The van der Waals surface area contributed by atoms with Crippen LogP contribution in [0.4, 0.5) is 4.79 Å². The van der Waals surface area contributed by atoms with Crippen molar-refractivity contribution in [2.75, 3.05) is 19.1 Å². The second-order valence-corrected chi connectivity index (χ2v) is 4.15. The number of aliphatic carboxylic acids is 1. The van der Waals surface area contributed by atoms with Crippen molar-refractivity contribution in [3.8, 4) is 0 Å². The number of nitrogens with one attached hydrogen (secondary N) is 1. The van der Waals surface area contributed by atoms with E-state index in [0.717, 1.165) is 7.11 Å². The van der Waals surface area contributed by atoms with Crippen LogP contribution in [0.2, 0.25) is 0 Å². The highest BCUT2D eigenvalue weighted by Gasteiger charge is 2.20. The van der Waals surface area contributed by atoms with Gasteiger partial charge in [-0.1, -0.05) is 0 Å². The maximum atomic E-state index is 10.7.